The van der Waals surface area contributed by atoms with E-state index < -0.39 is 5.91 Å². The molecule has 4 aromatic rings. The third-order valence-electron chi connectivity index (χ3n) is 4.33. The third kappa shape index (κ3) is 1.88. The predicted octanol–water partition coefficient (Wildman–Crippen LogP) is 2.65. The first-order valence-electron chi connectivity index (χ1n) is 7.60. The van der Waals surface area contributed by atoms with E-state index in [0.29, 0.717) is 11.2 Å². The topological polar surface area (TPSA) is 69.5 Å². The SMILES string of the molecule is Cc1c2ccccc2n2c(C(N)=O)cn(-c3ccccc3)c(=O)c12. The summed E-state index contributed by atoms with van der Waals surface area (Å²) in [5.41, 5.74) is 8.50. The van der Waals surface area contributed by atoms with E-state index in [4.69, 9.17) is 5.73 Å². The van der Waals surface area contributed by atoms with Crippen LogP contribution >= 0.6 is 0 Å². The van der Waals surface area contributed by atoms with Crippen LogP contribution < -0.4 is 11.3 Å². The highest BCUT2D eigenvalue weighted by molar-refractivity contribution is 5.98. The molecule has 24 heavy (non-hydrogen) atoms. The zero-order chi connectivity index (χ0) is 16.8. The molecule has 0 unspecified atom stereocenters. The lowest BCUT2D eigenvalue weighted by Crippen LogP contribution is -2.26. The van der Waals surface area contributed by atoms with Crippen LogP contribution in [0.2, 0.25) is 0 Å². The van der Waals surface area contributed by atoms with Gasteiger partial charge in [-0.1, -0.05) is 36.4 Å². The van der Waals surface area contributed by atoms with Crippen molar-refractivity contribution in [2.75, 3.05) is 0 Å². The zero-order valence-electron chi connectivity index (χ0n) is 13.1. The Morgan fingerprint density at radius 2 is 1.67 bits per heavy atom. The molecule has 1 amide bonds. The Bertz CT molecular complexity index is 1150. The number of aryl methyl sites for hydroxylation is 1. The molecule has 0 fully saturated rings. The first kappa shape index (κ1) is 14.3. The van der Waals surface area contributed by atoms with Gasteiger partial charge in [0.2, 0.25) is 0 Å². The molecule has 2 heterocycles. The lowest BCUT2D eigenvalue weighted by molar-refractivity contribution is 0.0994. The minimum Gasteiger partial charge on any atom is -0.364 e. The molecule has 0 aliphatic heterocycles. The van der Waals surface area contributed by atoms with Gasteiger partial charge in [0, 0.05) is 17.3 Å². The molecule has 0 spiro atoms. The molecule has 0 radical (unpaired) electrons. The molecule has 2 aromatic carbocycles. The number of rotatable bonds is 2. The van der Waals surface area contributed by atoms with Gasteiger partial charge in [-0.25, -0.2) is 0 Å². The number of primary amides is 1. The molecule has 0 bridgehead atoms. The van der Waals surface area contributed by atoms with Crippen LogP contribution in [-0.2, 0) is 0 Å². The maximum absolute atomic E-state index is 13.1. The second-order valence-corrected chi connectivity index (χ2v) is 5.72. The number of benzene rings is 2. The molecule has 0 aliphatic rings. The average molecular weight is 317 g/mol. The number of carbonyl (C=O) groups is 1. The van der Waals surface area contributed by atoms with Crippen molar-refractivity contribution in [1.82, 2.24) is 8.97 Å². The summed E-state index contributed by atoms with van der Waals surface area (Å²) in [7, 11) is 0. The van der Waals surface area contributed by atoms with Crippen LogP contribution in [0.15, 0.2) is 65.6 Å². The van der Waals surface area contributed by atoms with Crippen LogP contribution in [0.25, 0.3) is 22.1 Å². The van der Waals surface area contributed by atoms with Crippen LogP contribution in [0.3, 0.4) is 0 Å². The fourth-order valence-electron chi connectivity index (χ4n) is 3.21. The normalized spacial score (nSPS) is 11.2. The zero-order valence-corrected chi connectivity index (χ0v) is 13.1. The number of fused-ring (bicyclic) bond motifs is 3. The smallest absolute Gasteiger partial charge is 0.279 e. The van der Waals surface area contributed by atoms with Gasteiger partial charge in [-0.2, -0.15) is 0 Å². The molecule has 118 valence electrons. The lowest BCUT2D eigenvalue weighted by atomic mass is 10.2. The Labute approximate surface area is 137 Å². The molecule has 4 rings (SSSR count). The highest BCUT2D eigenvalue weighted by Crippen LogP contribution is 2.25. The van der Waals surface area contributed by atoms with E-state index in [1.165, 1.54) is 10.8 Å². The van der Waals surface area contributed by atoms with Crippen molar-refractivity contribution >= 4 is 22.3 Å². The van der Waals surface area contributed by atoms with Gasteiger partial charge >= 0.3 is 0 Å². The quantitative estimate of drug-likeness (QED) is 0.617. The Kier molecular flexibility index (Phi) is 3.03. The van der Waals surface area contributed by atoms with E-state index in [9.17, 15) is 9.59 Å². The number of hydrogen-bond donors (Lipinski definition) is 1. The highest BCUT2D eigenvalue weighted by atomic mass is 16.1. The van der Waals surface area contributed by atoms with Crippen molar-refractivity contribution in [3.63, 3.8) is 0 Å². The monoisotopic (exact) mass is 317 g/mol. The minimum absolute atomic E-state index is 0.181. The van der Waals surface area contributed by atoms with E-state index in [1.807, 2.05) is 61.5 Å². The maximum atomic E-state index is 13.1. The van der Waals surface area contributed by atoms with E-state index >= 15 is 0 Å². The van der Waals surface area contributed by atoms with Crippen LogP contribution in [0.5, 0.6) is 0 Å². The minimum atomic E-state index is -0.578. The van der Waals surface area contributed by atoms with Crippen molar-refractivity contribution in [3.8, 4) is 5.69 Å². The van der Waals surface area contributed by atoms with Gasteiger partial charge in [-0.05, 0) is 30.7 Å². The molecular weight excluding hydrogens is 302 g/mol. The molecule has 0 saturated carbocycles. The van der Waals surface area contributed by atoms with Crippen molar-refractivity contribution in [2.24, 2.45) is 5.73 Å². The summed E-state index contributed by atoms with van der Waals surface area (Å²) in [5, 5.41) is 0.933. The van der Waals surface area contributed by atoms with Crippen molar-refractivity contribution in [1.29, 1.82) is 0 Å². The molecule has 0 atom stereocenters. The number of para-hydroxylation sites is 2. The summed E-state index contributed by atoms with van der Waals surface area (Å²) in [6.45, 7) is 1.89. The van der Waals surface area contributed by atoms with Crippen molar-refractivity contribution in [2.45, 2.75) is 6.92 Å². The van der Waals surface area contributed by atoms with Gasteiger partial charge < -0.3 is 5.73 Å². The van der Waals surface area contributed by atoms with Gasteiger partial charge in [0.1, 0.15) is 11.2 Å². The summed E-state index contributed by atoms with van der Waals surface area (Å²) in [6, 6.07) is 16.8. The Hall–Kier alpha value is -3.34. The first-order chi connectivity index (χ1) is 11.6. The third-order valence-corrected chi connectivity index (χ3v) is 4.33. The van der Waals surface area contributed by atoms with E-state index in [2.05, 4.69) is 0 Å². The van der Waals surface area contributed by atoms with E-state index in [-0.39, 0.29) is 11.3 Å². The first-order valence-corrected chi connectivity index (χ1v) is 7.60. The van der Waals surface area contributed by atoms with Gasteiger partial charge in [-0.15, -0.1) is 0 Å². The van der Waals surface area contributed by atoms with Crippen LogP contribution in [0.1, 0.15) is 16.1 Å². The second-order valence-electron chi connectivity index (χ2n) is 5.72. The van der Waals surface area contributed by atoms with Crippen LogP contribution in [0, 0.1) is 6.92 Å². The Morgan fingerprint density at radius 1 is 1.00 bits per heavy atom. The second kappa shape index (κ2) is 5.09. The van der Waals surface area contributed by atoms with E-state index in [0.717, 1.165) is 16.5 Å². The molecular formula is C19H15N3O2. The van der Waals surface area contributed by atoms with Crippen LogP contribution in [-0.4, -0.2) is 14.9 Å². The average Bonchev–Trinajstić information content (AvgIpc) is 2.90. The van der Waals surface area contributed by atoms with Crippen molar-refractivity contribution < 1.29 is 4.79 Å². The molecule has 0 aliphatic carbocycles. The van der Waals surface area contributed by atoms with Gasteiger partial charge in [-0.3, -0.25) is 18.6 Å². The fraction of sp³-hybridized carbons (Fsp3) is 0.0526. The molecule has 2 aromatic heterocycles. The molecule has 2 N–H and O–H groups in total. The van der Waals surface area contributed by atoms with Crippen LogP contribution in [0.4, 0.5) is 0 Å². The Morgan fingerprint density at radius 3 is 2.38 bits per heavy atom. The highest BCUT2D eigenvalue weighted by Gasteiger charge is 2.19. The van der Waals surface area contributed by atoms with E-state index in [1.54, 1.807) is 4.40 Å². The number of amides is 1. The number of hydrogen-bond acceptors (Lipinski definition) is 2. The molecule has 5 nitrogen and oxygen atoms in total. The number of carbonyl (C=O) groups excluding carboxylic acids is 1. The standard InChI is InChI=1S/C19H15N3O2/c1-12-14-9-5-6-10-15(14)22-16(18(20)23)11-21(19(24)17(12)22)13-7-3-2-4-8-13/h2-11H,1H3,(H2,20,23). The summed E-state index contributed by atoms with van der Waals surface area (Å²) in [6.07, 6.45) is 1.51. The summed E-state index contributed by atoms with van der Waals surface area (Å²) < 4.78 is 3.14. The Balaban J connectivity index is 2.26. The summed E-state index contributed by atoms with van der Waals surface area (Å²) >= 11 is 0. The van der Waals surface area contributed by atoms with Gasteiger partial charge in [0.25, 0.3) is 11.5 Å². The number of nitrogens with two attached hydrogens (primary N) is 1. The van der Waals surface area contributed by atoms with Gasteiger partial charge in [0.15, 0.2) is 0 Å². The fourth-order valence-corrected chi connectivity index (χ4v) is 3.21. The molecule has 0 saturated heterocycles. The van der Waals surface area contributed by atoms with Gasteiger partial charge in [0.05, 0.1) is 5.52 Å². The van der Waals surface area contributed by atoms with Crippen molar-refractivity contribution in [3.05, 3.63) is 82.4 Å². The number of aromatic nitrogens is 2. The maximum Gasteiger partial charge on any atom is 0.279 e. The largest absolute Gasteiger partial charge is 0.364 e. The number of nitrogens with zero attached hydrogens (tertiary/aromatic N) is 2. The molecule has 5 heteroatoms. The summed E-state index contributed by atoms with van der Waals surface area (Å²) in [4.78, 5) is 25.1. The summed E-state index contributed by atoms with van der Waals surface area (Å²) in [5.74, 6) is -0.578. The predicted molar refractivity (Wildman–Crippen MR) is 93.8 cm³/mol. The lowest BCUT2D eigenvalue weighted by Gasteiger charge is -2.11.